The minimum atomic E-state index is -0.271. The minimum absolute atomic E-state index is 0.153. The highest BCUT2D eigenvalue weighted by molar-refractivity contribution is 5.97. The number of aryl methyl sites for hydroxylation is 1. The molecule has 0 unspecified atom stereocenters. The zero-order valence-electron chi connectivity index (χ0n) is 16.2. The maximum absolute atomic E-state index is 12.6. The van der Waals surface area contributed by atoms with Crippen LogP contribution in [0.15, 0.2) is 41.0 Å². The number of amides is 3. The van der Waals surface area contributed by atoms with Gasteiger partial charge in [-0.3, -0.25) is 4.79 Å². The van der Waals surface area contributed by atoms with Crippen LogP contribution in [-0.4, -0.2) is 40.7 Å². The molecule has 0 atom stereocenters. The highest BCUT2D eigenvalue weighted by Crippen LogP contribution is 2.18. The maximum Gasteiger partial charge on any atom is 0.321 e. The fourth-order valence-electron chi connectivity index (χ4n) is 2.72. The van der Waals surface area contributed by atoms with Crippen molar-refractivity contribution in [3.05, 3.63) is 53.1 Å². The second-order valence-electron chi connectivity index (χ2n) is 6.66. The van der Waals surface area contributed by atoms with Crippen LogP contribution in [0.2, 0.25) is 0 Å². The summed E-state index contributed by atoms with van der Waals surface area (Å²) in [4.78, 5) is 26.3. The number of benzene rings is 2. The van der Waals surface area contributed by atoms with E-state index in [9.17, 15) is 9.59 Å². The summed E-state index contributed by atoms with van der Waals surface area (Å²) >= 11 is 0. The number of fused-ring (bicyclic) bond motifs is 1. The molecular weight excluding hydrogens is 358 g/mol. The first kappa shape index (κ1) is 19.3. The van der Waals surface area contributed by atoms with Crippen molar-refractivity contribution in [2.24, 2.45) is 0 Å². The summed E-state index contributed by atoms with van der Waals surface area (Å²) in [6.45, 7) is 4.88. The summed E-state index contributed by atoms with van der Waals surface area (Å²) in [5.74, 6) is -0.153. The number of rotatable bonds is 6. The number of nitrogens with zero attached hydrogens (tertiary/aromatic N) is 3. The van der Waals surface area contributed by atoms with E-state index in [2.05, 4.69) is 20.9 Å². The van der Waals surface area contributed by atoms with Crippen LogP contribution in [0, 0.1) is 6.92 Å². The third-order valence-electron chi connectivity index (χ3n) is 4.36. The van der Waals surface area contributed by atoms with Gasteiger partial charge in [-0.25, -0.2) is 9.42 Å². The van der Waals surface area contributed by atoms with Crippen LogP contribution in [0.1, 0.15) is 34.8 Å². The van der Waals surface area contributed by atoms with Gasteiger partial charge in [0, 0.05) is 31.4 Å². The van der Waals surface area contributed by atoms with Gasteiger partial charge in [-0.05, 0) is 59.1 Å². The summed E-state index contributed by atoms with van der Waals surface area (Å²) in [6, 6.07) is 10.5. The summed E-state index contributed by atoms with van der Waals surface area (Å²) < 4.78 is 4.69. The van der Waals surface area contributed by atoms with E-state index in [1.54, 1.807) is 30.1 Å². The number of aromatic nitrogens is 2. The van der Waals surface area contributed by atoms with Gasteiger partial charge < -0.3 is 15.5 Å². The van der Waals surface area contributed by atoms with Gasteiger partial charge in [-0.15, -0.1) is 0 Å². The number of anilines is 1. The Bertz CT molecular complexity index is 998. The smallest absolute Gasteiger partial charge is 0.321 e. The van der Waals surface area contributed by atoms with Crippen molar-refractivity contribution in [3.8, 4) is 0 Å². The van der Waals surface area contributed by atoms with Gasteiger partial charge in [0.2, 0.25) is 0 Å². The van der Waals surface area contributed by atoms with Crippen molar-refractivity contribution in [2.45, 2.75) is 26.8 Å². The Balaban J connectivity index is 1.68. The Labute approximate surface area is 162 Å². The third kappa shape index (κ3) is 4.46. The van der Waals surface area contributed by atoms with Crippen LogP contribution in [0.25, 0.3) is 11.0 Å². The fraction of sp³-hybridized carbons (Fsp3) is 0.300. The molecule has 0 aliphatic heterocycles. The number of hydrogen-bond acceptors (Lipinski definition) is 5. The lowest BCUT2D eigenvalue weighted by Gasteiger charge is -2.19. The summed E-state index contributed by atoms with van der Waals surface area (Å²) in [5.41, 5.74) is 4.23. The number of hydrogen-bond donors (Lipinski definition) is 2. The van der Waals surface area contributed by atoms with Gasteiger partial charge in [0.05, 0.1) is 0 Å². The van der Waals surface area contributed by atoms with Gasteiger partial charge in [-0.2, -0.15) is 0 Å². The molecule has 28 heavy (non-hydrogen) atoms. The Kier molecular flexibility index (Phi) is 5.88. The van der Waals surface area contributed by atoms with Gasteiger partial charge in [0.15, 0.2) is 0 Å². The first-order chi connectivity index (χ1) is 13.5. The Hall–Kier alpha value is -3.42. The average Bonchev–Trinajstić information content (AvgIpc) is 3.15. The molecule has 0 spiro atoms. The molecule has 3 amide bonds. The topological polar surface area (TPSA) is 100 Å². The lowest BCUT2D eigenvalue weighted by Crippen LogP contribution is -2.31. The van der Waals surface area contributed by atoms with Crippen LogP contribution >= 0.6 is 0 Å². The Morgan fingerprint density at radius 2 is 1.89 bits per heavy atom. The molecule has 8 nitrogen and oxygen atoms in total. The monoisotopic (exact) mass is 381 g/mol. The first-order valence-corrected chi connectivity index (χ1v) is 9.10. The van der Waals surface area contributed by atoms with Crippen LogP contribution in [0.3, 0.4) is 0 Å². The van der Waals surface area contributed by atoms with Crippen molar-refractivity contribution >= 4 is 28.7 Å². The molecule has 2 N–H and O–H groups in total. The van der Waals surface area contributed by atoms with E-state index >= 15 is 0 Å². The molecule has 2 aromatic carbocycles. The summed E-state index contributed by atoms with van der Waals surface area (Å²) in [6.07, 6.45) is 0.863. The Morgan fingerprint density at radius 3 is 2.68 bits per heavy atom. The van der Waals surface area contributed by atoms with Crippen LogP contribution < -0.4 is 10.6 Å². The van der Waals surface area contributed by atoms with Crippen molar-refractivity contribution in [2.75, 3.05) is 18.9 Å². The quantitative estimate of drug-likeness (QED) is 0.682. The highest BCUT2D eigenvalue weighted by atomic mass is 16.6. The molecular formula is C20H23N5O3. The number of carbonyl (C=O) groups excluding carboxylic acids is 2. The molecule has 0 saturated carbocycles. The second kappa shape index (κ2) is 8.51. The second-order valence-corrected chi connectivity index (χ2v) is 6.66. The number of nitrogens with one attached hydrogen (secondary N) is 2. The molecule has 0 bridgehead atoms. The van der Waals surface area contributed by atoms with E-state index in [1.165, 1.54) is 0 Å². The normalized spacial score (nSPS) is 10.7. The van der Waals surface area contributed by atoms with Crippen molar-refractivity contribution in [1.29, 1.82) is 0 Å². The zero-order valence-corrected chi connectivity index (χ0v) is 16.2. The predicted octanol–water partition coefficient (Wildman–Crippen LogP) is 3.33. The average molecular weight is 381 g/mol. The Morgan fingerprint density at radius 1 is 1.11 bits per heavy atom. The SMILES string of the molecule is CCCNC(=O)c1ccc(C)c(NC(=O)N(C)Cc2ccc3nonc3c2)c1. The molecule has 0 aliphatic rings. The van der Waals surface area contributed by atoms with Gasteiger partial charge >= 0.3 is 6.03 Å². The summed E-state index contributed by atoms with van der Waals surface area (Å²) in [5, 5.41) is 13.3. The molecule has 0 saturated heterocycles. The van der Waals surface area contributed by atoms with E-state index < -0.39 is 0 Å². The third-order valence-corrected chi connectivity index (χ3v) is 4.36. The van der Waals surface area contributed by atoms with Crippen molar-refractivity contribution < 1.29 is 14.2 Å². The lowest BCUT2D eigenvalue weighted by atomic mass is 10.1. The number of urea groups is 1. The fourth-order valence-corrected chi connectivity index (χ4v) is 2.72. The van der Waals surface area contributed by atoms with E-state index in [-0.39, 0.29) is 11.9 Å². The van der Waals surface area contributed by atoms with Crippen molar-refractivity contribution in [3.63, 3.8) is 0 Å². The molecule has 0 radical (unpaired) electrons. The van der Waals surface area contributed by atoms with E-state index in [0.717, 1.165) is 17.5 Å². The maximum atomic E-state index is 12.6. The molecule has 146 valence electrons. The minimum Gasteiger partial charge on any atom is -0.352 e. The standard InChI is InChI=1S/C20H23N5O3/c1-4-9-21-19(26)15-7-5-13(2)17(11-15)22-20(27)25(3)12-14-6-8-16-18(10-14)24-28-23-16/h5-8,10-11H,4,9,12H2,1-3H3,(H,21,26)(H,22,27). The highest BCUT2D eigenvalue weighted by Gasteiger charge is 2.14. The van der Waals surface area contributed by atoms with Crippen molar-refractivity contribution in [1.82, 2.24) is 20.5 Å². The zero-order chi connectivity index (χ0) is 20.1. The molecule has 1 heterocycles. The molecule has 1 aromatic heterocycles. The first-order valence-electron chi connectivity index (χ1n) is 9.10. The molecule has 3 rings (SSSR count). The van der Waals surface area contributed by atoms with Gasteiger partial charge in [0.1, 0.15) is 11.0 Å². The van der Waals surface area contributed by atoms with Gasteiger partial charge in [-0.1, -0.05) is 19.1 Å². The van der Waals surface area contributed by atoms with E-state index in [4.69, 9.17) is 4.63 Å². The molecule has 0 aliphatic carbocycles. The van der Waals surface area contributed by atoms with Crippen LogP contribution in [0.4, 0.5) is 10.5 Å². The van der Waals surface area contributed by atoms with Crippen LogP contribution in [-0.2, 0) is 6.54 Å². The van der Waals surface area contributed by atoms with E-state index in [1.807, 2.05) is 32.0 Å². The lowest BCUT2D eigenvalue weighted by molar-refractivity contribution is 0.0953. The largest absolute Gasteiger partial charge is 0.352 e. The predicted molar refractivity (Wildman–Crippen MR) is 106 cm³/mol. The van der Waals surface area contributed by atoms with E-state index in [0.29, 0.717) is 35.4 Å². The molecule has 3 aromatic rings. The molecule has 0 fully saturated rings. The molecule has 8 heteroatoms. The summed E-state index contributed by atoms with van der Waals surface area (Å²) in [7, 11) is 1.70. The number of carbonyl (C=O) groups is 2. The van der Waals surface area contributed by atoms with Crippen LogP contribution in [0.5, 0.6) is 0 Å². The van der Waals surface area contributed by atoms with Gasteiger partial charge in [0.25, 0.3) is 5.91 Å².